The third kappa shape index (κ3) is 3.58. The van der Waals surface area contributed by atoms with E-state index >= 15 is 0 Å². The Labute approximate surface area is 181 Å². The van der Waals surface area contributed by atoms with Gasteiger partial charge in [0.15, 0.2) is 5.60 Å². The van der Waals surface area contributed by atoms with Gasteiger partial charge in [0.1, 0.15) is 0 Å². The number of anilines is 1. The summed E-state index contributed by atoms with van der Waals surface area (Å²) in [4.78, 5) is 24.1. The molecule has 30 heavy (non-hydrogen) atoms. The topological polar surface area (TPSA) is 81.4 Å². The van der Waals surface area contributed by atoms with Crippen LogP contribution in [0, 0.1) is 6.92 Å². The van der Waals surface area contributed by atoms with E-state index in [1.165, 1.54) is 6.92 Å². The van der Waals surface area contributed by atoms with E-state index in [2.05, 4.69) is 5.32 Å². The van der Waals surface area contributed by atoms with Crippen molar-refractivity contribution in [3.63, 3.8) is 0 Å². The Hall–Kier alpha value is -2.79. The number of ether oxygens (including phenoxy) is 1. The molecular formula is C24H25ClN2O3. The zero-order valence-electron chi connectivity index (χ0n) is 17.2. The molecule has 156 valence electrons. The van der Waals surface area contributed by atoms with E-state index in [0.29, 0.717) is 27.5 Å². The van der Waals surface area contributed by atoms with Gasteiger partial charge in [0.05, 0.1) is 11.3 Å². The zero-order chi connectivity index (χ0) is 21.5. The Morgan fingerprint density at radius 1 is 1.13 bits per heavy atom. The highest BCUT2D eigenvalue weighted by Gasteiger charge is 2.47. The van der Waals surface area contributed by atoms with Crippen molar-refractivity contribution >= 4 is 34.7 Å². The van der Waals surface area contributed by atoms with Crippen molar-refractivity contribution < 1.29 is 14.3 Å². The summed E-state index contributed by atoms with van der Waals surface area (Å²) >= 11 is 6.64. The van der Waals surface area contributed by atoms with Gasteiger partial charge < -0.3 is 15.8 Å². The predicted molar refractivity (Wildman–Crippen MR) is 119 cm³/mol. The summed E-state index contributed by atoms with van der Waals surface area (Å²) in [7, 11) is 0. The molecule has 6 heteroatoms. The molecule has 4 rings (SSSR count). The molecule has 3 N–H and O–H groups in total. The standard InChI is InChI=1S/C24H25ClN2O3/c1-14-11-19(16-7-6-8-17(12-16)27-15(2)28)20(25)13-18(14)21-22(26)24(30-23(21)29)9-4-3-5-10-24/h6-8,11-13H,3-5,9-10,26H2,1-2H3,(H,27,28). The number of benzene rings is 2. The highest BCUT2D eigenvalue weighted by molar-refractivity contribution is 6.34. The summed E-state index contributed by atoms with van der Waals surface area (Å²) in [5, 5.41) is 3.29. The van der Waals surface area contributed by atoms with Crippen molar-refractivity contribution in [2.45, 2.75) is 51.6 Å². The molecule has 0 unspecified atom stereocenters. The Bertz CT molecular complexity index is 1070. The van der Waals surface area contributed by atoms with Gasteiger partial charge in [0.2, 0.25) is 5.91 Å². The largest absolute Gasteiger partial charge is 0.449 e. The highest BCUT2D eigenvalue weighted by Crippen LogP contribution is 2.45. The molecule has 0 bridgehead atoms. The Kier molecular flexibility index (Phi) is 5.33. The number of hydrogen-bond donors (Lipinski definition) is 2. The lowest BCUT2D eigenvalue weighted by molar-refractivity contribution is -0.147. The summed E-state index contributed by atoms with van der Waals surface area (Å²) in [5.41, 5.74) is 10.8. The second kappa shape index (κ2) is 7.80. The number of aryl methyl sites for hydroxylation is 1. The fourth-order valence-electron chi connectivity index (χ4n) is 4.51. The number of amides is 1. The van der Waals surface area contributed by atoms with Crippen LogP contribution in [0.4, 0.5) is 5.69 Å². The first-order chi connectivity index (χ1) is 14.3. The van der Waals surface area contributed by atoms with Gasteiger partial charge in [0, 0.05) is 23.2 Å². The van der Waals surface area contributed by atoms with Crippen LogP contribution in [0.3, 0.4) is 0 Å². The maximum atomic E-state index is 12.8. The minimum Gasteiger partial charge on any atom is -0.449 e. The molecule has 1 heterocycles. The number of rotatable bonds is 3. The van der Waals surface area contributed by atoms with Crippen LogP contribution in [-0.4, -0.2) is 17.5 Å². The van der Waals surface area contributed by atoms with Crippen LogP contribution in [0.15, 0.2) is 42.1 Å². The van der Waals surface area contributed by atoms with Crippen LogP contribution in [0.2, 0.25) is 5.02 Å². The molecule has 1 spiro atoms. The van der Waals surface area contributed by atoms with E-state index in [4.69, 9.17) is 22.1 Å². The summed E-state index contributed by atoms with van der Waals surface area (Å²) in [6, 6.07) is 11.2. The van der Waals surface area contributed by atoms with Gasteiger partial charge in [-0.1, -0.05) is 30.2 Å². The lowest BCUT2D eigenvalue weighted by atomic mass is 9.81. The summed E-state index contributed by atoms with van der Waals surface area (Å²) in [5.74, 6) is -0.502. The number of carbonyl (C=O) groups excluding carboxylic acids is 2. The lowest BCUT2D eigenvalue weighted by Crippen LogP contribution is -2.37. The Morgan fingerprint density at radius 2 is 1.87 bits per heavy atom. The Balaban J connectivity index is 1.75. The highest BCUT2D eigenvalue weighted by atomic mass is 35.5. The summed E-state index contributed by atoms with van der Waals surface area (Å²) in [6.45, 7) is 3.41. The van der Waals surface area contributed by atoms with E-state index in [0.717, 1.165) is 48.8 Å². The normalized spacial score (nSPS) is 17.9. The van der Waals surface area contributed by atoms with E-state index < -0.39 is 5.60 Å². The number of carbonyl (C=O) groups is 2. The van der Waals surface area contributed by atoms with Gasteiger partial charge in [-0.15, -0.1) is 0 Å². The van der Waals surface area contributed by atoms with Crippen LogP contribution in [0.1, 0.15) is 50.2 Å². The van der Waals surface area contributed by atoms with Crippen LogP contribution >= 0.6 is 11.6 Å². The number of nitrogens with one attached hydrogen (secondary N) is 1. The first-order valence-corrected chi connectivity index (χ1v) is 10.6. The van der Waals surface area contributed by atoms with Crippen molar-refractivity contribution in [2.24, 2.45) is 5.73 Å². The molecule has 0 aromatic heterocycles. The van der Waals surface area contributed by atoms with Gasteiger partial charge in [0.25, 0.3) is 0 Å². The van der Waals surface area contributed by atoms with Gasteiger partial charge in [-0.3, -0.25) is 4.79 Å². The predicted octanol–water partition coefficient (Wildman–Crippen LogP) is 5.20. The van der Waals surface area contributed by atoms with Crippen LogP contribution in [-0.2, 0) is 14.3 Å². The van der Waals surface area contributed by atoms with E-state index in [1.54, 1.807) is 6.07 Å². The van der Waals surface area contributed by atoms with Crippen molar-refractivity contribution in [3.8, 4) is 11.1 Å². The third-order valence-corrected chi connectivity index (χ3v) is 6.30. The Morgan fingerprint density at radius 3 is 2.57 bits per heavy atom. The second-order valence-electron chi connectivity index (χ2n) is 8.14. The molecule has 0 atom stereocenters. The first kappa shape index (κ1) is 20.5. The summed E-state index contributed by atoms with van der Waals surface area (Å²) < 4.78 is 5.81. The van der Waals surface area contributed by atoms with Crippen LogP contribution < -0.4 is 11.1 Å². The molecule has 0 radical (unpaired) electrons. The molecular weight excluding hydrogens is 400 g/mol. The maximum Gasteiger partial charge on any atom is 0.341 e. The minimum absolute atomic E-state index is 0.136. The third-order valence-electron chi connectivity index (χ3n) is 5.99. The van der Waals surface area contributed by atoms with Gasteiger partial charge in [-0.2, -0.15) is 0 Å². The second-order valence-corrected chi connectivity index (χ2v) is 8.55. The van der Waals surface area contributed by atoms with Gasteiger partial charge in [-0.05, 0) is 73.6 Å². The van der Waals surface area contributed by atoms with E-state index in [1.807, 2.05) is 37.3 Å². The average molecular weight is 425 g/mol. The molecule has 1 amide bonds. The van der Waals surface area contributed by atoms with E-state index in [9.17, 15) is 9.59 Å². The smallest absolute Gasteiger partial charge is 0.341 e. The first-order valence-electron chi connectivity index (χ1n) is 10.2. The van der Waals surface area contributed by atoms with Gasteiger partial charge >= 0.3 is 5.97 Å². The number of halogens is 1. The van der Waals surface area contributed by atoms with Crippen molar-refractivity contribution in [2.75, 3.05) is 5.32 Å². The molecule has 2 aromatic carbocycles. The molecule has 0 saturated heterocycles. The van der Waals surface area contributed by atoms with Crippen molar-refractivity contribution in [1.82, 2.24) is 0 Å². The quantitative estimate of drug-likeness (QED) is 0.663. The fourth-order valence-corrected chi connectivity index (χ4v) is 4.78. The van der Waals surface area contributed by atoms with E-state index in [-0.39, 0.29) is 11.9 Å². The molecule has 1 aliphatic carbocycles. The molecule has 1 aliphatic heterocycles. The summed E-state index contributed by atoms with van der Waals surface area (Å²) in [6.07, 6.45) is 4.69. The number of hydrogen-bond acceptors (Lipinski definition) is 4. The SMILES string of the molecule is CC(=O)Nc1cccc(-c2cc(C)c(C3=C(N)C4(CCCCC4)OC3=O)cc2Cl)c1. The molecule has 2 aromatic rings. The average Bonchev–Trinajstić information content (AvgIpc) is 2.93. The van der Waals surface area contributed by atoms with Gasteiger partial charge in [-0.25, -0.2) is 4.79 Å². The van der Waals surface area contributed by atoms with Crippen LogP contribution in [0.25, 0.3) is 16.7 Å². The zero-order valence-corrected chi connectivity index (χ0v) is 17.9. The monoisotopic (exact) mass is 424 g/mol. The van der Waals surface area contributed by atoms with Crippen molar-refractivity contribution in [1.29, 1.82) is 0 Å². The maximum absolute atomic E-state index is 12.8. The molecule has 1 fully saturated rings. The van der Waals surface area contributed by atoms with Crippen molar-refractivity contribution in [3.05, 3.63) is 58.2 Å². The number of nitrogens with two attached hydrogens (primary N) is 1. The minimum atomic E-state index is -0.658. The number of esters is 1. The fraction of sp³-hybridized carbons (Fsp3) is 0.333. The molecule has 2 aliphatic rings. The molecule has 1 saturated carbocycles. The lowest BCUT2D eigenvalue weighted by Gasteiger charge is -2.32. The van der Waals surface area contributed by atoms with Crippen LogP contribution in [0.5, 0.6) is 0 Å². The molecule has 5 nitrogen and oxygen atoms in total.